The Balaban J connectivity index is 1.21. The number of anilines is 2. The molecule has 61 heavy (non-hydrogen) atoms. The van der Waals surface area contributed by atoms with E-state index in [4.69, 9.17) is 47.0 Å². The molecule has 4 aromatic carbocycles. The molecule has 0 saturated heterocycles. The molecule has 0 saturated carbocycles. The molecule has 0 spiro atoms. The van der Waals surface area contributed by atoms with E-state index in [0.717, 1.165) is 0 Å². The van der Waals surface area contributed by atoms with Gasteiger partial charge in [0.15, 0.2) is 0 Å². The van der Waals surface area contributed by atoms with Crippen LogP contribution in [-0.2, 0) is 33.3 Å². The molecular formula is C40H40Cl2N4O13S2. The Hall–Kier alpha value is -5.06. The zero-order chi connectivity index (χ0) is 44.2. The minimum Gasteiger partial charge on any atom is -0.454 e. The fourth-order valence-corrected chi connectivity index (χ4v) is 8.53. The summed E-state index contributed by atoms with van der Waals surface area (Å²) >= 11 is 13.4. The van der Waals surface area contributed by atoms with Gasteiger partial charge in [-0.1, -0.05) is 47.5 Å². The van der Waals surface area contributed by atoms with E-state index in [2.05, 4.69) is 18.9 Å². The standard InChI is InChI=1S/C40H40Cl2N4O13S2/c1-21-29-13-33(41)37(15-35(29)58-39(51)31(21)11-23-5-3-7-25(9-23)45-60(53,54)43-17-27(49)19-47)57-38-16-36-30(14-34(38)42)22(2)32(40(52)59-36)12-24-6-4-8-26(10-24)46-61(55,56)44-18-28(50)20-48/h3-10,13-16,27-28,43-50H,11-12,17-20H2,1-2H3. The van der Waals surface area contributed by atoms with Crippen molar-refractivity contribution >= 4 is 76.9 Å². The molecule has 0 radical (unpaired) electrons. The molecule has 21 heteroatoms. The first kappa shape index (κ1) is 45.5. The Labute approximate surface area is 358 Å². The number of aryl methyl sites for hydroxylation is 2. The molecule has 2 aromatic heterocycles. The fraction of sp³-hybridized carbons (Fsp3) is 0.250. The summed E-state index contributed by atoms with van der Waals surface area (Å²) in [5.41, 5.74) is 2.26. The van der Waals surface area contributed by atoms with Crippen LogP contribution in [0.25, 0.3) is 21.9 Å². The number of hydrogen-bond donors (Lipinski definition) is 8. The van der Waals surface area contributed by atoms with Gasteiger partial charge in [-0.25, -0.2) is 9.59 Å². The van der Waals surface area contributed by atoms with Crippen molar-refractivity contribution in [2.24, 2.45) is 0 Å². The van der Waals surface area contributed by atoms with Crippen LogP contribution in [0.5, 0.6) is 11.5 Å². The summed E-state index contributed by atoms with van der Waals surface area (Å²) in [6.45, 7) is 1.41. The van der Waals surface area contributed by atoms with Crippen molar-refractivity contribution in [1.29, 1.82) is 0 Å². The van der Waals surface area contributed by atoms with Crippen molar-refractivity contribution in [2.45, 2.75) is 38.9 Å². The summed E-state index contributed by atoms with van der Waals surface area (Å²) in [4.78, 5) is 26.6. The lowest BCUT2D eigenvalue weighted by molar-refractivity contribution is 0.0988. The third-order valence-electron chi connectivity index (χ3n) is 9.46. The van der Waals surface area contributed by atoms with Gasteiger partial charge in [0.1, 0.15) is 22.7 Å². The molecule has 0 bridgehead atoms. The van der Waals surface area contributed by atoms with Crippen molar-refractivity contribution in [1.82, 2.24) is 9.44 Å². The lowest BCUT2D eigenvalue weighted by Gasteiger charge is -2.15. The summed E-state index contributed by atoms with van der Waals surface area (Å²) in [5, 5.41) is 38.1. The molecule has 6 aromatic rings. The number of fused-ring (bicyclic) bond motifs is 2. The average molecular weight is 920 g/mol. The number of aliphatic hydroxyl groups is 4. The van der Waals surface area contributed by atoms with E-state index in [1.54, 1.807) is 50.2 Å². The number of benzene rings is 4. The Morgan fingerprint density at radius 3 is 1.41 bits per heavy atom. The summed E-state index contributed by atoms with van der Waals surface area (Å²) in [6.07, 6.45) is -2.38. The minimum atomic E-state index is -4.08. The van der Waals surface area contributed by atoms with Crippen LogP contribution in [0.4, 0.5) is 11.4 Å². The van der Waals surface area contributed by atoms with Crippen molar-refractivity contribution in [2.75, 3.05) is 35.7 Å². The minimum absolute atomic E-state index is 0.0794. The highest BCUT2D eigenvalue weighted by molar-refractivity contribution is 7.91. The van der Waals surface area contributed by atoms with E-state index < -0.39 is 70.2 Å². The van der Waals surface area contributed by atoms with Gasteiger partial charge in [0.25, 0.3) is 20.4 Å². The lowest BCUT2D eigenvalue weighted by atomic mass is 9.99. The predicted octanol–water partition coefficient (Wildman–Crippen LogP) is 4.00. The van der Waals surface area contributed by atoms with Crippen LogP contribution >= 0.6 is 23.2 Å². The van der Waals surface area contributed by atoms with Crippen LogP contribution < -0.4 is 34.9 Å². The predicted molar refractivity (Wildman–Crippen MR) is 230 cm³/mol. The Morgan fingerprint density at radius 1 is 0.639 bits per heavy atom. The quantitative estimate of drug-likeness (QED) is 0.0568. The van der Waals surface area contributed by atoms with Gasteiger partial charge in [-0.3, -0.25) is 9.44 Å². The summed E-state index contributed by atoms with van der Waals surface area (Å²) in [6, 6.07) is 18.7. The zero-order valence-electron chi connectivity index (χ0n) is 32.4. The van der Waals surface area contributed by atoms with E-state index in [0.29, 0.717) is 44.2 Å². The Kier molecular flexibility index (Phi) is 14.1. The van der Waals surface area contributed by atoms with Gasteiger partial charge in [0.05, 0.1) is 46.8 Å². The third-order valence-corrected chi connectivity index (χ3v) is 12.2. The number of halogens is 2. The molecule has 0 amide bonds. The maximum atomic E-state index is 13.3. The molecule has 0 aliphatic carbocycles. The normalized spacial score (nSPS) is 13.0. The van der Waals surface area contributed by atoms with E-state index in [1.165, 1.54) is 36.4 Å². The third kappa shape index (κ3) is 11.3. The van der Waals surface area contributed by atoms with Gasteiger partial charge in [-0.15, -0.1) is 0 Å². The van der Waals surface area contributed by atoms with Gasteiger partial charge in [0.2, 0.25) is 0 Å². The smallest absolute Gasteiger partial charge is 0.340 e. The molecule has 0 aliphatic heterocycles. The second-order valence-corrected chi connectivity index (χ2v) is 17.8. The van der Waals surface area contributed by atoms with Gasteiger partial charge >= 0.3 is 11.3 Å². The first-order chi connectivity index (χ1) is 28.8. The summed E-state index contributed by atoms with van der Waals surface area (Å²) in [5.74, 6) is 0.161. The highest BCUT2D eigenvalue weighted by Crippen LogP contribution is 2.39. The summed E-state index contributed by atoms with van der Waals surface area (Å²) < 4.78 is 76.1. The van der Waals surface area contributed by atoms with Crippen LogP contribution in [0.3, 0.4) is 0 Å². The fourth-order valence-electron chi connectivity index (χ4n) is 6.28. The highest BCUT2D eigenvalue weighted by atomic mass is 35.5. The van der Waals surface area contributed by atoms with Crippen LogP contribution in [0, 0.1) is 13.8 Å². The molecule has 17 nitrogen and oxygen atoms in total. The van der Waals surface area contributed by atoms with Crippen molar-refractivity contribution in [3.8, 4) is 11.5 Å². The van der Waals surface area contributed by atoms with Gasteiger partial charge < -0.3 is 34.0 Å². The van der Waals surface area contributed by atoms with Gasteiger partial charge in [0, 0.05) is 60.0 Å². The van der Waals surface area contributed by atoms with E-state index >= 15 is 0 Å². The number of ether oxygens (including phenoxy) is 1. The number of rotatable bonds is 18. The Bertz CT molecular complexity index is 2760. The maximum absolute atomic E-state index is 13.3. The topological polar surface area (TPSA) is 267 Å². The maximum Gasteiger partial charge on any atom is 0.340 e. The molecule has 6 rings (SSSR count). The van der Waals surface area contributed by atoms with Crippen LogP contribution in [0.2, 0.25) is 10.0 Å². The molecule has 324 valence electrons. The second-order valence-electron chi connectivity index (χ2n) is 14.0. The van der Waals surface area contributed by atoms with Crippen LogP contribution in [-0.4, -0.2) is 75.8 Å². The summed E-state index contributed by atoms with van der Waals surface area (Å²) in [7, 11) is -8.16. The highest BCUT2D eigenvalue weighted by Gasteiger charge is 2.20. The van der Waals surface area contributed by atoms with Gasteiger partial charge in [-0.05, 0) is 72.5 Å². The van der Waals surface area contributed by atoms with Crippen LogP contribution in [0.1, 0.15) is 33.4 Å². The SMILES string of the molecule is Cc1c(Cc2cccc(NS(=O)(=O)NCC(O)CO)c2)c(=O)oc2cc(Oc3cc4oc(=O)c(Cc5cccc(NS(=O)(=O)NCC(O)CO)c5)c(C)c4cc3Cl)c(Cl)cc12. The second kappa shape index (κ2) is 18.9. The largest absolute Gasteiger partial charge is 0.454 e. The Morgan fingerprint density at radius 2 is 1.03 bits per heavy atom. The molecule has 0 aliphatic rings. The first-order valence-electron chi connectivity index (χ1n) is 18.3. The number of hydrogen-bond acceptors (Lipinski definition) is 13. The molecular weight excluding hydrogens is 879 g/mol. The molecule has 2 heterocycles. The first-order valence-corrected chi connectivity index (χ1v) is 22.1. The molecule has 8 N–H and O–H groups in total. The lowest BCUT2D eigenvalue weighted by Crippen LogP contribution is -2.37. The van der Waals surface area contributed by atoms with Crippen molar-refractivity contribution in [3.63, 3.8) is 0 Å². The zero-order valence-corrected chi connectivity index (χ0v) is 35.5. The molecule has 0 fully saturated rings. The van der Waals surface area contributed by atoms with Crippen LogP contribution in [0.15, 0.2) is 91.2 Å². The molecule has 2 atom stereocenters. The monoisotopic (exact) mass is 918 g/mol. The average Bonchev–Trinajstić information content (AvgIpc) is 3.20. The van der Waals surface area contributed by atoms with Crippen molar-refractivity contribution < 1.29 is 50.8 Å². The van der Waals surface area contributed by atoms with E-state index in [1.807, 2.05) is 0 Å². The van der Waals surface area contributed by atoms with E-state index in [-0.39, 0.29) is 56.9 Å². The number of aliphatic hydroxyl groups excluding tert-OH is 4. The van der Waals surface area contributed by atoms with E-state index in [9.17, 15) is 36.6 Å². The molecule has 2 unspecified atom stereocenters. The number of nitrogens with one attached hydrogen (secondary N) is 4. The van der Waals surface area contributed by atoms with Crippen molar-refractivity contribution in [3.05, 3.63) is 137 Å². The van der Waals surface area contributed by atoms with Gasteiger partial charge in [-0.2, -0.15) is 26.3 Å².